The van der Waals surface area contributed by atoms with Crippen LogP contribution in [0.1, 0.15) is 10.5 Å². The van der Waals surface area contributed by atoms with E-state index in [9.17, 15) is 4.79 Å². The molecule has 3 rings (SSSR count). The Bertz CT molecular complexity index is 761. The van der Waals surface area contributed by atoms with Crippen molar-refractivity contribution in [1.82, 2.24) is 14.5 Å². The van der Waals surface area contributed by atoms with Crippen molar-refractivity contribution in [2.45, 2.75) is 5.03 Å². The molecule has 0 saturated carbocycles. The van der Waals surface area contributed by atoms with Crippen molar-refractivity contribution in [3.05, 3.63) is 54.6 Å². The molecular weight excluding hydrogens is 270 g/mol. The Morgan fingerprint density at radius 3 is 2.85 bits per heavy atom. The Hall–Kier alpha value is -2.14. The number of carbonyl (C=O) groups is 1. The van der Waals surface area contributed by atoms with Crippen molar-refractivity contribution in [2.24, 2.45) is 7.05 Å². The highest BCUT2D eigenvalue weighted by molar-refractivity contribution is 8.00. The molecule has 0 spiro atoms. The Morgan fingerprint density at radius 2 is 2.05 bits per heavy atom. The Balaban J connectivity index is 1.81. The number of aryl methyl sites for hydroxylation is 1. The molecule has 0 radical (unpaired) electrons. The number of thioether (sulfide) groups is 1. The highest BCUT2D eigenvalue weighted by atomic mass is 32.2. The molecule has 0 unspecified atom stereocenters. The summed E-state index contributed by atoms with van der Waals surface area (Å²) in [5.41, 5.74) is 1.62. The van der Waals surface area contributed by atoms with Crippen molar-refractivity contribution in [1.29, 1.82) is 0 Å². The van der Waals surface area contributed by atoms with Gasteiger partial charge in [0.2, 0.25) is 0 Å². The molecule has 0 atom stereocenters. The van der Waals surface area contributed by atoms with Gasteiger partial charge in [-0.15, -0.1) is 0 Å². The summed E-state index contributed by atoms with van der Waals surface area (Å²) < 4.78 is 1.83. The van der Waals surface area contributed by atoms with E-state index in [-0.39, 0.29) is 5.78 Å². The average molecular weight is 283 g/mol. The van der Waals surface area contributed by atoms with Crippen LogP contribution < -0.4 is 0 Å². The standard InChI is InChI=1S/C15H13N3OS/c1-18-8-4-7-13(18)14(19)9-20-15-11-5-2-3-6-12(11)16-10-17-15/h2-8,10H,9H2,1H3. The predicted octanol–water partition coefficient (Wildman–Crippen LogP) is 2.94. The summed E-state index contributed by atoms with van der Waals surface area (Å²) in [6, 6.07) is 11.5. The molecule has 2 aromatic heterocycles. The summed E-state index contributed by atoms with van der Waals surface area (Å²) in [6.07, 6.45) is 3.41. The maximum Gasteiger partial charge on any atom is 0.189 e. The van der Waals surface area contributed by atoms with Crippen molar-refractivity contribution in [3.63, 3.8) is 0 Å². The quantitative estimate of drug-likeness (QED) is 0.419. The van der Waals surface area contributed by atoms with Crippen LogP contribution in [0.3, 0.4) is 0 Å². The summed E-state index contributed by atoms with van der Waals surface area (Å²) >= 11 is 1.45. The Labute approximate surface area is 120 Å². The number of fused-ring (bicyclic) bond motifs is 1. The molecule has 20 heavy (non-hydrogen) atoms. The third kappa shape index (κ3) is 2.44. The molecule has 0 aliphatic carbocycles. The van der Waals surface area contributed by atoms with E-state index >= 15 is 0 Å². The fourth-order valence-corrected chi connectivity index (χ4v) is 2.92. The SMILES string of the molecule is Cn1cccc1C(=O)CSc1ncnc2ccccc12. The molecule has 1 aromatic carbocycles. The van der Waals surface area contributed by atoms with Gasteiger partial charge in [0.25, 0.3) is 0 Å². The lowest BCUT2D eigenvalue weighted by molar-refractivity contribution is 0.101. The summed E-state index contributed by atoms with van der Waals surface area (Å²) in [6.45, 7) is 0. The maximum atomic E-state index is 12.2. The van der Waals surface area contributed by atoms with Gasteiger partial charge in [-0.05, 0) is 18.2 Å². The zero-order valence-electron chi connectivity index (χ0n) is 11.0. The summed E-state index contributed by atoms with van der Waals surface area (Å²) in [5.74, 6) is 0.476. The third-order valence-electron chi connectivity index (χ3n) is 3.08. The first-order chi connectivity index (χ1) is 9.75. The monoisotopic (exact) mass is 283 g/mol. The first-order valence-electron chi connectivity index (χ1n) is 6.23. The Morgan fingerprint density at radius 1 is 1.20 bits per heavy atom. The average Bonchev–Trinajstić information content (AvgIpc) is 2.91. The number of Topliss-reactive ketones (excluding diaryl/α,β-unsaturated/α-hetero) is 1. The number of aromatic nitrogens is 3. The number of ketones is 1. The van der Waals surface area contributed by atoms with Crippen LogP contribution in [0.4, 0.5) is 0 Å². The lowest BCUT2D eigenvalue weighted by atomic mass is 10.2. The number of rotatable bonds is 4. The van der Waals surface area contributed by atoms with Crippen molar-refractivity contribution in [3.8, 4) is 0 Å². The van der Waals surface area contributed by atoms with Crippen LogP contribution in [0.25, 0.3) is 10.9 Å². The minimum atomic E-state index is 0.102. The van der Waals surface area contributed by atoms with Gasteiger partial charge in [0.05, 0.1) is 17.0 Å². The van der Waals surface area contributed by atoms with Gasteiger partial charge in [-0.25, -0.2) is 9.97 Å². The highest BCUT2D eigenvalue weighted by Crippen LogP contribution is 2.24. The number of carbonyl (C=O) groups excluding carboxylic acids is 1. The number of hydrogen-bond donors (Lipinski definition) is 0. The molecule has 0 aliphatic heterocycles. The number of benzene rings is 1. The van der Waals surface area contributed by atoms with Crippen molar-refractivity contribution in [2.75, 3.05) is 5.75 Å². The van der Waals surface area contributed by atoms with E-state index in [1.165, 1.54) is 18.1 Å². The fraction of sp³-hybridized carbons (Fsp3) is 0.133. The number of nitrogens with zero attached hydrogens (tertiary/aromatic N) is 3. The van der Waals surface area contributed by atoms with Gasteiger partial charge in [-0.1, -0.05) is 30.0 Å². The van der Waals surface area contributed by atoms with Gasteiger partial charge in [-0.2, -0.15) is 0 Å². The number of hydrogen-bond acceptors (Lipinski definition) is 4. The zero-order valence-corrected chi connectivity index (χ0v) is 11.8. The van der Waals surface area contributed by atoms with Crippen LogP contribution in [0.2, 0.25) is 0 Å². The van der Waals surface area contributed by atoms with E-state index in [0.717, 1.165) is 21.6 Å². The van der Waals surface area contributed by atoms with Crippen molar-refractivity contribution < 1.29 is 4.79 Å². The van der Waals surface area contributed by atoms with E-state index in [2.05, 4.69) is 9.97 Å². The molecule has 0 N–H and O–H groups in total. The molecule has 0 saturated heterocycles. The molecule has 0 bridgehead atoms. The smallest absolute Gasteiger partial charge is 0.189 e. The van der Waals surface area contributed by atoms with Gasteiger partial charge in [0.15, 0.2) is 5.78 Å². The van der Waals surface area contributed by atoms with E-state index in [4.69, 9.17) is 0 Å². The fourth-order valence-electron chi connectivity index (χ4n) is 2.05. The molecule has 5 heteroatoms. The minimum Gasteiger partial charge on any atom is -0.348 e. The second kappa shape index (κ2) is 5.46. The topological polar surface area (TPSA) is 47.8 Å². The van der Waals surface area contributed by atoms with Crippen LogP contribution in [-0.4, -0.2) is 26.1 Å². The number of para-hydroxylation sites is 1. The lowest BCUT2D eigenvalue weighted by Gasteiger charge is -2.05. The van der Waals surface area contributed by atoms with Crippen molar-refractivity contribution >= 4 is 28.4 Å². The molecule has 2 heterocycles. The van der Waals surface area contributed by atoms with E-state index in [0.29, 0.717) is 5.75 Å². The minimum absolute atomic E-state index is 0.102. The molecule has 0 amide bonds. The first kappa shape index (κ1) is 12.9. The van der Waals surface area contributed by atoms with Crippen LogP contribution in [0.5, 0.6) is 0 Å². The Kier molecular flexibility index (Phi) is 3.52. The van der Waals surface area contributed by atoms with Crippen LogP contribution in [0.15, 0.2) is 53.9 Å². The normalized spacial score (nSPS) is 10.8. The predicted molar refractivity (Wildman–Crippen MR) is 80.0 cm³/mol. The van der Waals surface area contributed by atoms with Gasteiger partial charge < -0.3 is 4.57 Å². The van der Waals surface area contributed by atoms with E-state index in [1.807, 2.05) is 54.2 Å². The summed E-state index contributed by atoms with van der Waals surface area (Å²) in [4.78, 5) is 20.6. The van der Waals surface area contributed by atoms with Gasteiger partial charge >= 0.3 is 0 Å². The lowest BCUT2D eigenvalue weighted by Crippen LogP contribution is -2.07. The zero-order chi connectivity index (χ0) is 13.9. The third-order valence-corrected chi connectivity index (χ3v) is 4.08. The van der Waals surface area contributed by atoms with Gasteiger partial charge in [0.1, 0.15) is 11.4 Å². The second-order valence-electron chi connectivity index (χ2n) is 4.41. The molecule has 100 valence electrons. The molecular formula is C15H13N3OS. The van der Waals surface area contributed by atoms with E-state index in [1.54, 1.807) is 0 Å². The van der Waals surface area contributed by atoms with Crippen LogP contribution in [-0.2, 0) is 7.05 Å². The van der Waals surface area contributed by atoms with E-state index < -0.39 is 0 Å². The van der Waals surface area contributed by atoms with Crippen LogP contribution >= 0.6 is 11.8 Å². The largest absolute Gasteiger partial charge is 0.348 e. The first-order valence-corrected chi connectivity index (χ1v) is 7.21. The summed E-state index contributed by atoms with van der Waals surface area (Å²) in [7, 11) is 1.87. The second-order valence-corrected chi connectivity index (χ2v) is 5.38. The van der Waals surface area contributed by atoms with Crippen LogP contribution in [0, 0.1) is 0 Å². The summed E-state index contributed by atoms with van der Waals surface area (Å²) in [5, 5.41) is 1.83. The highest BCUT2D eigenvalue weighted by Gasteiger charge is 2.11. The van der Waals surface area contributed by atoms with Gasteiger partial charge in [-0.3, -0.25) is 4.79 Å². The van der Waals surface area contributed by atoms with Gasteiger partial charge in [0, 0.05) is 18.6 Å². The molecule has 3 aromatic rings. The molecule has 4 nitrogen and oxygen atoms in total. The molecule has 0 fully saturated rings. The maximum absolute atomic E-state index is 12.2. The molecule has 0 aliphatic rings.